The number of carbonyl (C=O) groups is 2. The first-order chi connectivity index (χ1) is 8.72. The van der Waals surface area contributed by atoms with Crippen molar-refractivity contribution in [1.82, 2.24) is 10.1 Å². The maximum Gasteiger partial charge on any atom is 0.307 e. The highest BCUT2D eigenvalue weighted by Gasteiger charge is 2.30. The standard InChI is InChI=1S/C12H16N2O4/c1-17-11(15)8-9-4-2-3-7-14(9)12(16)10-5-6-13-18-10/h5-6,9H,2-4,7-8H2,1H3. The van der Waals surface area contributed by atoms with Crippen molar-refractivity contribution < 1.29 is 18.8 Å². The Kier molecular flexibility index (Phi) is 3.96. The molecule has 2 heterocycles. The van der Waals surface area contributed by atoms with Gasteiger partial charge in [0.05, 0.1) is 19.7 Å². The van der Waals surface area contributed by atoms with Crippen LogP contribution in [0, 0.1) is 0 Å². The zero-order chi connectivity index (χ0) is 13.0. The van der Waals surface area contributed by atoms with Gasteiger partial charge < -0.3 is 14.2 Å². The van der Waals surface area contributed by atoms with Gasteiger partial charge in [-0.3, -0.25) is 9.59 Å². The average Bonchev–Trinajstić information content (AvgIpc) is 2.92. The molecule has 98 valence electrons. The van der Waals surface area contributed by atoms with Gasteiger partial charge in [-0.25, -0.2) is 0 Å². The number of amides is 1. The van der Waals surface area contributed by atoms with Gasteiger partial charge in [-0.05, 0) is 19.3 Å². The lowest BCUT2D eigenvalue weighted by atomic mass is 9.99. The van der Waals surface area contributed by atoms with E-state index in [4.69, 9.17) is 4.52 Å². The summed E-state index contributed by atoms with van der Waals surface area (Å²) in [7, 11) is 1.35. The lowest BCUT2D eigenvalue weighted by Crippen LogP contribution is -2.44. The quantitative estimate of drug-likeness (QED) is 0.756. The Labute approximate surface area is 105 Å². The van der Waals surface area contributed by atoms with Gasteiger partial charge in [0.2, 0.25) is 5.76 Å². The van der Waals surface area contributed by atoms with Crippen LogP contribution < -0.4 is 0 Å². The van der Waals surface area contributed by atoms with E-state index in [2.05, 4.69) is 9.89 Å². The molecular formula is C12H16N2O4. The van der Waals surface area contributed by atoms with Gasteiger partial charge in [-0.1, -0.05) is 5.16 Å². The smallest absolute Gasteiger partial charge is 0.307 e. The summed E-state index contributed by atoms with van der Waals surface area (Å²) >= 11 is 0. The third kappa shape index (κ3) is 2.69. The molecule has 0 aliphatic carbocycles. The molecule has 1 aliphatic rings. The molecule has 1 aliphatic heterocycles. The molecule has 2 rings (SSSR count). The lowest BCUT2D eigenvalue weighted by Gasteiger charge is -2.34. The summed E-state index contributed by atoms with van der Waals surface area (Å²) in [4.78, 5) is 25.2. The number of carbonyl (C=O) groups excluding carboxylic acids is 2. The first-order valence-corrected chi connectivity index (χ1v) is 6.01. The van der Waals surface area contributed by atoms with Gasteiger partial charge in [0, 0.05) is 18.7 Å². The van der Waals surface area contributed by atoms with Crippen molar-refractivity contribution in [3.05, 3.63) is 18.0 Å². The van der Waals surface area contributed by atoms with Crippen molar-refractivity contribution in [1.29, 1.82) is 0 Å². The molecule has 1 aromatic rings. The number of likely N-dealkylation sites (tertiary alicyclic amines) is 1. The molecule has 6 nitrogen and oxygen atoms in total. The number of hydrogen-bond acceptors (Lipinski definition) is 5. The van der Waals surface area contributed by atoms with Crippen LogP contribution in [0.5, 0.6) is 0 Å². The Bertz CT molecular complexity index is 416. The monoisotopic (exact) mass is 252 g/mol. The molecule has 1 fully saturated rings. The first kappa shape index (κ1) is 12.6. The van der Waals surface area contributed by atoms with Crippen molar-refractivity contribution in [2.24, 2.45) is 0 Å². The summed E-state index contributed by atoms with van der Waals surface area (Å²) in [5.74, 6) is -0.287. The molecule has 0 spiro atoms. The largest absolute Gasteiger partial charge is 0.469 e. The van der Waals surface area contributed by atoms with Crippen molar-refractivity contribution in [3.63, 3.8) is 0 Å². The maximum atomic E-state index is 12.2. The fraction of sp³-hybridized carbons (Fsp3) is 0.583. The van der Waals surface area contributed by atoms with Gasteiger partial charge in [-0.2, -0.15) is 0 Å². The summed E-state index contributed by atoms with van der Waals surface area (Å²) in [6.45, 7) is 0.640. The Balaban J connectivity index is 2.08. The molecule has 1 atom stereocenters. The summed E-state index contributed by atoms with van der Waals surface area (Å²) in [6.07, 6.45) is 4.44. The third-order valence-corrected chi connectivity index (χ3v) is 3.17. The molecule has 1 unspecified atom stereocenters. The van der Waals surface area contributed by atoms with Gasteiger partial charge in [0.15, 0.2) is 0 Å². The molecule has 0 N–H and O–H groups in total. The van der Waals surface area contributed by atoms with Crippen molar-refractivity contribution in [2.45, 2.75) is 31.7 Å². The van der Waals surface area contributed by atoms with Gasteiger partial charge in [-0.15, -0.1) is 0 Å². The Morgan fingerprint density at radius 2 is 2.39 bits per heavy atom. The minimum absolute atomic E-state index is 0.108. The van der Waals surface area contributed by atoms with Crippen LogP contribution in [0.2, 0.25) is 0 Å². The van der Waals surface area contributed by atoms with Gasteiger partial charge in [0.25, 0.3) is 5.91 Å². The summed E-state index contributed by atoms with van der Waals surface area (Å²) < 4.78 is 9.53. The van der Waals surface area contributed by atoms with Gasteiger partial charge >= 0.3 is 5.97 Å². The van der Waals surface area contributed by atoms with E-state index < -0.39 is 0 Å². The second-order valence-corrected chi connectivity index (χ2v) is 4.31. The summed E-state index contributed by atoms with van der Waals surface area (Å²) in [5, 5.41) is 3.53. The van der Waals surface area contributed by atoms with Crippen molar-refractivity contribution in [2.75, 3.05) is 13.7 Å². The predicted octanol–water partition coefficient (Wildman–Crippen LogP) is 1.23. The second-order valence-electron chi connectivity index (χ2n) is 4.31. The maximum absolute atomic E-state index is 12.2. The van der Waals surface area contributed by atoms with Crippen LogP contribution in [0.3, 0.4) is 0 Å². The molecule has 18 heavy (non-hydrogen) atoms. The zero-order valence-electron chi connectivity index (χ0n) is 10.3. The number of hydrogen-bond donors (Lipinski definition) is 0. The number of methoxy groups -OCH3 is 1. The molecule has 0 saturated carbocycles. The molecule has 0 bridgehead atoms. The fourth-order valence-electron chi connectivity index (χ4n) is 2.22. The van der Waals surface area contributed by atoms with E-state index in [1.54, 1.807) is 4.90 Å². The van der Waals surface area contributed by atoms with Crippen LogP contribution >= 0.6 is 0 Å². The first-order valence-electron chi connectivity index (χ1n) is 6.01. The molecule has 0 radical (unpaired) electrons. The molecule has 1 aromatic heterocycles. The Morgan fingerprint density at radius 1 is 1.56 bits per heavy atom. The lowest BCUT2D eigenvalue weighted by molar-refractivity contribution is -0.142. The highest BCUT2D eigenvalue weighted by atomic mass is 16.5. The zero-order valence-corrected chi connectivity index (χ0v) is 10.3. The van der Waals surface area contributed by atoms with E-state index in [1.165, 1.54) is 19.4 Å². The van der Waals surface area contributed by atoms with Crippen LogP contribution in [0.25, 0.3) is 0 Å². The highest BCUT2D eigenvalue weighted by Crippen LogP contribution is 2.22. The fourth-order valence-corrected chi connectivity index (χ4v) is 2.22. The second kappa shape index (κ2) is 5.66. The van der Waals surface area contributed by atoms with Crippen LogP contribution in [-0.4, -0.2) is 41.6 Å². The van der Waals surface area contributed by atoms with E-state index in [0.29, 0.717) is 6.54 Å². The number of ether oxygens (including phenoxy) is 1. The van der Waals surface area contributed by atoms with E-state index in [9.17, 15) is 9.59 Å². The third-order valence-electron chi connectivity index (χ3n) is 3.17. The Morgan fingerprint density at radius 3 is 3.06 bits per heavy atom. The molecule has 1 amide bonds. The topological polar surface area (TPSA) is 72.6 Å². The summed E-state index contributed by atoms with van der Waals surface area (Å²) in [6, 6.07) is 1.43. The number of esters is 1. The van der Waals surface area contributed by atoms with Crippen molar-refractivity contribution in [3.8, 4) is 0 Å². The minimum atomic E-state index is -0.294. The molecule has 1 saturated heterocycles. The van der Waals surface area contributed by atoms with E-state index in [0.717, 1.165) is 19.3 Å². The van der Waals surface area contributed by atoms with E-state index in [-0.39, 0.29) is 30.1 Å². The van der Waals surface area contributed by atoms with E-state index >= 15 is 0 Å². The van der Waals surface area contributed by atoms with Crippen LogP contribution in [0.1, 0.15) is 36.2 Å². The molecule has 0 aromatic carbocycles. The van der Waals surface area contributed by atoms with Gasteiger partial charge in [0.1, 0.15) is 0 Å². The molecule has 6 heteroatoms. The van der Waals surface area contributed by atoms with Crippen molar-refractivity contribution >= 4 is 11.9 Å². The summed E-state index contributed by atoms with van der Waals surface area (Å²) in [5.41, 5.74) is 0. The van der Waals surface area contributed by atoms with E-state index in [1.807, 2.05) is 0 Å². The minimum Gasteiger partial charge on any atom is -0.469 e. The number of piperidine rings is 1. The van der Waals surface area contributed by atoms with Crippen LogP contribution in [0.15, 0.2) is 16.8 Å². The number of aromatic nitrogens is 1. The van der Waals surface area contributed by atoms with Crippen LogP contribution in [-0.2, 0) is 9.53 Å². The van der Waals surface area contributed by atoms with Crippen LogP contribution in [0.4, 0.5) is 0 Å². The average molecular weight is 252 g/mol. The number of rotatable bonds is 3. The molecular weight excluding hydrogens is 236 g/mol. The predicted molar refractivity (Wildman–Crippen MR) is 61.8 cm³/mol. The Hall–Kier alpha value is -1.85. The normalized spacial score (nSPS) is 19.6. The number of nitrogens with zero attached hydrogens (tertiary/aromatic N) is 2. The highest BCUT2D eigenvalue weighted by molar-refractivity contribution is 5.91. The SMILES string of the molecule is COC(=O)CC1CCCCN1C(=O)c1ccno1.